The van der Waals surface area contributed by atoms with Gasteiger partial charge in [-0.1, -0.05) is 13.0 Å². The van der Waals surface area contributed by atoms with Crippen molar-refractivity contribution in [2.75, 3.05) is 6.26 Å². The number of pyridine rings is 1. The van der Waals surface area contributed by atoms with E-state index in [-0.39, 0.29) is 5.28 Å². The molecule has 4 aromatic rings. The molecule has 0 radical (unpaired) electrons. The normalized spacial score (nSPS) is 13.0. The van der Waals surface area contributed by atoms with E-state index in [1.165, 1.54) is 0 Å². The lowest BCUT2D eigenvalue weighted by Gasteiger charge is -2.05. The van der Waals surface area contributed by atoms with Crippen molar-refractivity contribution in [3.63, 3.8) is 0 Å². The summed E-state index contributed by atoms with van der Waals surface area (Å²) in [5, 5.41) is 4.41. The summed E-state index contributed by atoms with van der Waals surface area (Å²) in [7, 11) is -1.07. The van der Waals surface area contributed by atoms with Gasteiger partial charge in [0, 0.05) is 22.0 Å². The number of halogens is 1. The molecule has 0 N–H and O–H groups in total. The molecule has 1 atom stereocenters. The smallest absolute Gasteiger partial charge is 0.246 e. The lowest BCUT2D eigenvalue weighted by molar-refractivity contribution is 0.611. The molecule has 8 heteroatoms. The molecule has 6 nitrogen and oxygen atoms in total. The fraction of sp³-hybridized carbons (Fsp3) is 0.188. The third-order valence-electron chi connectivity index (χ3n) is 3.83. The summed E-state index contributed by atoms with van der Waals surface area (Å²) in [4.78, 5) is 9.44. The Morgan fingerprint density at radius 2 is 2.08 bits per heavy atom. The minimum atomic E-state index is -1.07. The maximum atomic E-state index is 11.7. The first-order chi connectivity index (χ1) is 11.6. The number of nitrogens with zero attached hydrogens (tertiary/aromatic N) is 4. The highest BCUT2D eigenvalue weighted by Gasteiger charge is 2.18. The Morgan fingerprint density at radius 3 is 2.83 bits per heavy atom. The van der Waals surface area contributed by atoms with E-state index in [1.54, 1.807) is 29.0 Å². The average Bonchev–Trinajstić information content (AvgIpc) is 3.14. The number of fused-ring (bicyclic) bond motifs is 2. The molecule has 3 aromatic heterocycles. The van der Waals surface area contributed by atoms with Crippen LogP contribution < -0.4 is 0 Å². The molecule has 4 rings (SSSR count). The van der Waals surface area contributed by atoms with Gasteiger partial charge in [0.25, 0.3) is 0 Å². The zero-order valence-corrected chi connectivity index (χ0v) is 14.6. The zero-order valence-electron chi connectivity index (χ0n) is 13.0. The Kier molecular flexibility index (Phi) is 3.62. The summed E-state index contributed by atoms with van der Waals surface area (Å²) < 4.78 is 19.2. The monoisotopic (exact) mass is 360 g/mol. The van der Waals surface area contributed by atoms with Crippen LogP contribution in [0.2, 0.25) is 5.28 Å². The first kappa shape index (κ1) is 15.3. The van der Waals surface area contributed by atoms with Crippen LogP contribution in [0.5, 0.6) is 0 Å². The molecule has 0 bridgehead atoms. The Balaban J connectivity index is 1.99. The molecule has 0 spiro atoms. The van der Waals surface area contributed by atoms with Crippen molar-refractivity contribution in [2.24, 2.45) is 0 Å². The first-order valence-electron chi connectivity index (χ1n) is 7.35. The molecule has 0 aliphatic rings. The van der Waals surface area contributed by atoms with Crippen LogP contribution in [-0.4, -0.2) is 30.0 Å². The van der Waals surface area contributed by atoms with Crippen molar-refractivity contribution in [2.45, 2.75) is 18.2 Å². The van der Waals surface area contributed by atoms with Gasteiger partial charge in [-0.2, -0.15) is 4.98 Å². The van der Waals surface area contributed by atoms with Crippen LogP contribution in [0.15, 0.2) is 39.6 Å². The van der Waals surface area contributed by atoms with Crippen LogP contribution in [-0.2, 0) is 17.2 Å². The van der Waals surface area contributed by atoms with Gasteiger partial charge in [0.1, 0.15) is 11.2 Å². The van der Waals surface area contributed by atoms with Crippen LogP contribution in [0.1, 0.15) is 12.5 Å². The zero-order chi connectivity index (χ0) is 16.8. The van der Waals surface area contributed by atoms with E-state index in [0.29, 0.717) is 27.5 Å². The van der Waals surface area contributed by atoms with E-state index in [4.69, 9.17) is 16.0 Å². The lowest BCUT2D eigenvalue weighted by atomic mass is 10.1. The van der Waals surface area contributed by atoms with Gasteiger partial charge >= 0.3 is 0 Å². The van der Waals surface area contributed by atoms with Crippen molar-refractivity contribution in [1.29, 1.82) is 0 Å². The predicted molar refractivity (Wildman–Crippen MR) is 92.7 cm³/mol. The molecule has 0 saturated carbocycles. The van der Waals surface area contributed by atoms with E-state index >= 15 is 0 Å². The molecule has 0 aliphatic heterocycles. The second kappa shape index (κ2) is 5.68. The van der Waals surface area contributed by atoms with E-state index in [9.17, 15) is 4.21 Å². The summed E-state index contributed by atoms with van der Waals surface area (Å²) in [5.41, 5.74) is 3.66. The second-order valence-electron chi connectivity index (χ2n) is 5.31. The number of oxazole rings is 1. The molecule has 0 saturated heterocycles. The summed E-state index contributed by atoms with van der Waals surface area (Å²) in [6.07, 6.45) is 2.42. The molecule has 122 valence electrons. The van der Waals surface area contributed by atoms with E-state index < -0.39 is 10.8 Å². The molecule has 24 heavy (non-hydrogen) atoms. The van der Waals surface area contributed by atoms with Crippen LogP contribution in [0.3, 0.4) is 0 Å². The molecule has 1 unspecified atom stereocenters. The highest BCUT2D eigenvalue weighted by atomic mass is 35.5. The van der Waals surface area contributed by atoms with E-state index in [2.05, 4.69) is 15.1 Å². The van der Waals surface area contributed by atoms with Crippen molar-refractivity contribution in [3.05, 3.63) is 41.2 Å². The van der Waals surface area contributed by atoms with E-state index in [0.717, 1.165) is 17.7 Å². The number of hydrogen-bond acceptors (Lipinski definition) is 5. The highest BCUT2D eigenvalue weighted by molar-refractivity contribution is 7.84. The van der Waals surface area contributed by atoms with Gasteiger partial charge in [0.2, 0.25) is 11.2 Å². The molecule has 0 fully saturated rings. The SMILES string of the molecule is CCc1ccc2nc(Cl)nn2c1-c1nc2cc(S(C)=O)ccc2o1. The number of hydrogen-bond donors (Lipinski definition) is 0. The maximum Gasteiger partial charge on any atom is 0.246 e. The summed E-state index contributed by atoms with van der Waals surface area (Å²) in [5.74, 6) is 0.438. The fourth-order valence-corrected chi connectivity index (χ4v) is 3.36. The van der Waals surface area contributed by atoms with Crippen LogP contribution in [0.25, 0.3) is 28.3 Å². The maximum absolute atomic E-state index is 11.7. The Hall–Kier alpha value is -2.25. The quantitative estimate of drug-likeness (QED) is 0.559. The predicted octanol–water partition coefficient (Wildman–Crippen LogP) is 3.49. The number of benzene rings is 1. The lowest BCUT2D eigenvalue weighted by Crippen LogP contribution is -1.99. The molecule has 0 aliphatic carbocycles. The second-order valence-corrected chi connectivity index (χ2v) is 7.03. The molecular formula is C16H13ClN4O2S. The third-order valence-corrected chi connectivity index (χ3v) is 4.91. The third kappa shape index (κ3) is 2.40. The molecule has 3 heterocycles. The van der Waals surface area contributed by atoms with Gasteiger partial charge in [0.15, 0.2) is 11.2 Å². The van der Waals surface area contributed by atoms with Crippen LogP contribution >= 0.6 is 11.6 Å². The van der Waals surface area contributed by atoms with Crippen molar-refractivity contribution in [1.82, 2.24) is 19.6 Å². The van der Waals surface area contributed by atoms with Gasteiger partial charge in [-0.25, -0.2) is 9.50 Å². The summed E-state index contributed by atoms with van der Waals surface area (Å²) >= 11 is 5.94. The molecular weight excluding hydrogens is 348 g/mol. The van der Waals surface area contributed by atoms with Gasteiger partial charge in [-0.15, -0.1) is 5.10 Å². The molecule has 1 aromatic carbocycles. The van der Waals surface area contributed by atoms with Crippen molar-refractivity contribution >= 4 is 39.1 Å². The van der Waals surface area contributed by atoms with Gasteiger partial charge in [-0.05, 0) is 47.9 Å². The van der Waals surface area contributed by atoms with Crippen molar-refractivity contribution in [3.8, 4) is 11.6 Å². The highest BCUT2D eigenvalue weighted by Crippen LogP contribution is 2.29. The largest absolute Gasteiger partial charge is 0.435 e. The van der Waals surface area contributed by atoms with Crippen molar-refractivity contribution < 1.29 is 8.63 Å². The number of rotatable bonds is 3. The van der Waals surface area contributed by atoms with E-state index in [1.807, 2.05) is 19.1 Å². The van der Waals surface area contributed by atoms with Gasteiger partial charge in [0.05, 0.1) is 0 Å². The topological polar surface area (TPSA) is 73.3 Å². The Bertz CT molecular complexity index is 1100. The average molecular weight is 361 g/mol. The standard InChI is InChI=1S/C16H13ClN4O2S/c1-3-9-4-7-13-19-16(17)20-21(13)14(9)15-18-11-8-10(24(2)22)5-6-12(11)23-15/h4-8H,3H2,1-2H3. The number of aryl methyl sites for hydroxylation is 1. The van der Waals surface area contributed by atoms with Gasteiger partial charge < -0.3 is 4.42 Å². The summed E-state index contributed by atoms with van der Waals surface area (Å²) in [6, 6.07) is 9.17. The molecule has 0 amide bonds. The number of aromatic nitrogens is 4. The Morgan fingerprint density at radius 1 is 1.25 bits per heavy atom. The minimum Gasteiger partial charge on any atom is -0.435 e. The Labute approximate surface area is 144 Å². The van der Waals surface area contributed by atoms with Crippen LogP contribution in [0.4, 0.5) is 0 Å². The minimum absolute atomic E-state index is 0.171. The first-order valence-corrected chi connectivity index (χ1v) is 9.29. The van der Waals surface area contributed by atoms with Crippen LogP contribution in [0, 0.1) is 0 Å². The fourth-order valence-electron chi connectivity index (χ4n) is 2.66. The summed E-state index contributed by atoms with van der Waals surface area (Å²) in [6.45, 7) is 2.05. The van der Waals surface area contributed by atoms with Gasteiger partial charge in [-0.3, -0.25) is 4.21 Å².